The minimum absolute atomic E-state index is 0.159. The summed E-state index contributed by atoms with van der Waals surface area (Å²) in [5, 5.41) is 8.73. The van der Waals surface area contributed by atoms with Crippen LogP contribution in [0.5, 0.6) is 0 Å². The molecule has 3 atom stereocenters. The van der Waals surface area contributed by atoms with Crippen molar-refractivity contribution in [2.24, 2.45) is 10.2 Å². The van der Waals surface area contributed by atoms with Crippen molar-refractivity contribution in [3.8, 4) is 0 Å². The highest BCUT2D eigenvalue weighted by molar-refractivity contribution is 5.77. The largest absolute Gasteiger partial charge is 0.465 e. The van der Waals surface area contributed by atoms with E-state index in [-0.39, 0.29) is 12.0 Å². The van der Waals surface area contributed by atoms with E-state index >= 15 is 0 Å². The summed E-state index contributed by atoms with van der Waals surface area (Å²) >= 11 is 0. The summed E-state index contributed by atoms with van der Waals surface area (Å²) in [6.45, 7) is 2.12. The first kappa shape index (κ1) is 16.3. The van der Waals surface area contributed by atoms with Crippen LogP contribution in [-0.4, -0.2) is 24.7 Å². The van der Waals surface area contributed by atoms with Gasteiger partial charge in [0.05, 0.1) is 18.3 Å². The maximum absolute atomic E-state index is 12.2. The number of nitrogens with zero attached hydrogens (tertiary/aromatic N) is 2. The van der Waals surface area contributed by atoms with E-state index < -0.39 is 12.1 Å². The van der Waals surface area contributed by atoms with Gasteiger partial charge in [0, 0.05) is 0 Å². The Bertz CT molecular complexity index is 691. The molecule has 2 aromatic carbocycles. The minimum Gasteiger partial charge on any atom is -0.465 e. The summed E-state index contributed by atoms with van der Waals surface area (Å²) in [5.74, 6) is -0.333. The van der Waals surface area contributed by atoms with Gasteiger partial charge in [-0.25, -0.2) is 10.9 Å². The van der Waals surface area contributed by atoms with E-state index in [2.05, 4.69) is 21.1 Å². The molecule has 3 rings (SSSR count). The monoisotopic (exact) mass is 324 g/mol. The van der Waals surface area contributed by atoms with Crippen LogP contribution < -0.4 is 10.9 Å². The molecule has 0 amide bonds. The number of benzene rings is 2. The van der Waals surface area contributed by atoms with Gasteiger partial charge in [-0.3, -0.25) is 4.79 Å². The summed E-state index contributed by atoms with van der Waals surface area (Å²) in [5.41, 5.74) is 7.93. The SMILES string of the molecule is CCOC(=O)C1NNC(c2ccccc2)C1N=Nc1ccccc1. The van der Waals surface area contributed by atoms with E-state index in [1.54, 1.807) is 6.92 Å². The van der Waals surface area contributed by atoms with Gasteiger partial charge in [0.1, 0.15) is 12.1 Å². The number of hydrazine groups is 1. The van der Waals surface area contributed by atoms with E-state index in [0.29, 0.717) is 6.61 Å². The molecular weight excluding hydrogens is 304 g/mol. The van der Waals surface area contributed by atoms with Gasteiger partial charge in [0.25, 0.3) is 0 Å². The highest BCUT2D eigenvalue weighted by Crippen LogP contribution is 2.27. The number of carbonyl (C=O) groups is 1. The lowest BCUT2D eigenvalue weighted by molar-refractivity contribution is -0.145. The van der Waals surface area contributed by atoms with Crippen LogP contribution in [0.2, 0.25) is 0 Å². The number of azo groups is 1. The quantitative estimate of drug-likeness (QED) is 0.655. The van der Waals surface area contributed by atoms with E-state index in [9.17, 15) is 4.79 Å². The Hall–Kier alpha value is -2.57. The van der Waals surface area contributed by atoms with Crippen molar-refractivity contribution in [2.75, 3.05) is 6.61 Å². The highest BCUT2D eigenvalue weighted by atomic mass is 16.5. The first-order valence-electron chi connectivity index (χ1n) is 7.98. The zero-order valence-electron chi connectivity index (χ0n) is 13.4. The lowest BCUT2D eigenvalue weighted by atomic mass is 9.97. The van der Waals surface area contributed by atoms with Gasteiger partial charge in [0.15, 0.2) is 0 Å². The summed E-state index contributed by atoms with van der Waals surface area (Å²) < 4.78 is 5.15. The zero-order valence-corrected chi connectivity index (χ0v) is 13.4. The number of nitrogens with one attached hydrogen (secondary N) is 2. The molecule has 1 aliphatic rings. The number of carbonyl (C=O) groups excluding carboxylic acids is 1. The van der Waals surface area contributed by atoms with Gasteiger partial charge in [-0.2, -0.15) is 10.2 Å². The molecule has 2 aromatic rings. The molecule has 2 N–H and O–H groups in total. The molecule has 3 unspecified atom stereocenters. The summed E-state index contributed by atoms with van der Waals surface area (Å²) in [7, 11) is 0. The summed E-state index contributed by atoms with van der Waals surface area (Å²) in [6, 6.07) is 18.2. The van der Waals surface area contributed by atoms with E-state index in [0.717, 1.165) is 11.3 Å². The van der Waals surface area contributed by atoms with Crippen molar-refractivity contribution in [3.63, 3.8) is 0 Å². The molecule has 0 saturated carbocycles. The van der Waals surface area contributed by atoms with Crippen LogP contribution in [0.15, 0.2) is 70.9 Å². The minimum atomic E-state index is -0.581. The third kappa shape index (κ3) is 3.67. The first-order chi connectivity index (χ1) is 11.8. The second-order valence-electron chi connectivity index (χ2n) is 5.45. The Kier molecular flexibility index (Phi) is 5.30. The molecule has 0 aliphatic carbocycles. The van der Waals surface area contributed by atoms with Crippen molar-refractivity contribution in [2.45, 2.75) is 25.0 Å². The van der Waals surface area contributed by atoms with Crippen LogP contribution in [0.3, 0.4) is 0 Å². The fourth-order valence-electron chi connectivity index (χ4n) is 2.68. The Labute approximate surface area is 140 Å². The molecule has 6 nitrogen and oxygen atoms in total. The van der Waals surface area contributed by atoms with Crippen LogP contribution in [0.4, 0.5) is 5.69 Å². The molecule has 1 fully saturated rings. The standard InChI is InChI=1S/C18H20N4O2/c1-2-24-18(23)17-16(21-19-14-11-7-4-8-12-14)15(20-22-17)13-9-5-3-6-10-13/h3-12,15-17,20,22H,2H2,1H3. The fraction of sp³-hybridized carbons (Fsp3) is 0.278. The van der Waals surface area contributed by atoms with E-state index in [1.807, 2.05) is 60.7 Å². The molecule has 6 heteroatoms. The predicted octanol–water partition coefficient (Wildman–Crippen LogP) is 2.92. The lowest BCUT2D eigenvalue weighted by Gasteiger charge is -2.17. The van der Waals surface area contributed by atoms with Crippen molar-refractivity contribution >= 4 is 11.7 Å². The molecule has 124 valence electrons. The van der Waals surface area contributed by atoms with Crippen LogP contribution in [0.1, 0.15) is 18.5 Å². The number of ether oxygens (including phenoxy) is 1. The third-order valence-corrected chi connectivity index (χ3v) is 3.84. The Morgan fingerprint density at radius 2 is 1.71 bits per heavy atom. The smallest absolute Gasteiger partial charge is 0.326 e. The normalized spacial score (nSPS) is 23.5. The predicted molar refractivity (Wildman–Crippen MR) is 90.6 cm³/mol. The molecule has 1 saturated heterocycles. The maximum Gasteiger partial charge on any atom is 0.326 e. The summed E-state index contributed by atoms with van der Waals surface area (Å²) in [4.78, 5) is 12.2. The molecule has 0 aromatic heterocycles. The molecule has 24 heavy (non-hydrogen) atoms. The zero-order chi connectivity index (χ0) is 16.8. The van der Waals surface area contributed by atoms with Crippen molar-refractivity contribution < 1.29 is 9.53 Å². The third-order valence-electron chi connectivity index (χ3n) is 3.84. The fourth-order valence-corrected chi connectivity index (χ4v) is 2.68. The number of hydrogen-bond acceptors (Lipinski definition) is 6. The Morgan fingerprint density at radius 1 is 1.04 bits per heavy atom. The number of rotatable bonds is 5. The van der Waals surface area contributed by atoms with Crippen LogP contribution in [0.25, 0.3) is 0 Å². The second kappa shape index (κ2) is 7.81. The average molecular weight is 324 g/mol. The van der Waals surface area contributed by atoms with Crippen LogP contribution >= 0.6 is 0 Å². The topological polar surface area (TPSA) is 75.1 Å². The number of esters is 1. The van der Waals surface area contributed by atoms with Gasteiger partial charge >= 0.3 is 5.97 Å². The van der Waals surface area contributed by atoms with E-state index in [4.69, 9.17) is 4.74 Å². The van der Waals surface area contributed by atoms with Gasteiger partial charge < -0.3 is 4.74 Å². The first-order valence-corrected chi connectivity index (χ1v) is 7.98. The lowest BCUT2D eigenvalue weighted by Crippen LogP contribution is -2.41. The van der Waals surface area contributed by atoms with Crippen LogP contribution in [-0.2, 0) is 9.53 Å². The van der Waals surface area contributed by atoms with Gasteiger partial charge in [0.2, 0.25) is 0 Å². The molecule has 0 bridgehead atoms. The van der Waals surface area contributed by atoms with Crippen molar-refractivity contribution in [1.82, 2.24) is 10.9 Å². The van der Waals surface area contributed by atoms with Gasteiger partial charge in [-0.1, -0.05) is 48.5 Å². The second-order valence-corrected chi connectivity index (χ2v) is 5.45. The summed E-state index contributed by atoms with van der Waals surface area (Å²) in [6.07, 6.45) is 0. The van der Waals surface area contributed by atoms with Crippen molar-refractivity contribution in [1.29, 1.82) is 0 Å². The molecule has 1 heterocycles. The maximum atomic E-state index is 12.2. The Balaban J connectivity index is 1.86. The molecule has 0 spiro atoms. The van der Waals surface area contributed by atoms with Gasteiger partial charge in [-0.05, 0) is 24.6 Å². The average Bonchev–Trinajstić information content (AvgIpc) is 3.06. The molecule has 1 aliphatic heterocycles. The van der Waals surface area contributed by atoms with E-state index in [1.165, 1.54) is 0 Å². The van der Waals surface area contributed by atoms with Crippen LogP contribution in [0, 0.1) is 0 Å². The molecular formula is C18H20N4O2. The Morgan fingerprint density at radius 3 is 2.38 bits per heavy atom. The highest BCUT2D eigenvalue weighted by Gasteiger charge is 2.42. The van der Waals surface area contributed by atoms with Gasteiger partial charge in [-0.15, -0.1) is 0 Å². The van der Waals surface area contributed by atoms with Crippen molar-refractivity contribution in [3.05, 3.63) is 66.2 Å². The number of hydrogen-bond donors (Lipinski definition) is 2. The molecule has 0 radical (unpaired) electrons.